The van der Waals surface area contributed by atoms with Crippen molar-refractivity contribution >= 4 is 11.6 Å². The molecule has 1 aromatic carbocycles. The average Bonchev–Trinajstić information content (AvgIpc) is 2.63. The van der Waals surface area contributed by atoms with Crippen molar-refractivity contribution in [3.8, 4) is 12.3 Å². The number of rotatable bonds is 1. The maximum Gasteiger partial charge on any atom is 0.0425 e. The number of halogens is 1. The predicted molar refractivity (Wildman–Crippen MR) is 75.7 cm³/mol. The third-order valence-electron chi connectivity index (χ3n) is 4.76. The Morgan fingerprint density at radius 3 is 2.67 bits per heavy atom. The molecule has 0 aliphatic carbocycles. The lowest BCUT2D eigenvalue weighted by atomic mass is 9.77. The van der Waals surface area contributed by atoms with Crippen LogP contribution in [-0.4, -0.2) is 24.0 Å². The van der Waals surface area contributed by atoms with Crippen LogP contribution in [0.5, 0.6) is 0 Å². The Balaban J connectivity index is 1.93. The van der Waals surface area contributed by atoms with Crippen LogP contribution in [0.2, 0.25) is 5.02 Å². The molecule has 0 saturated carbocycles. The van der Waals surface area contributed by atoms with Crippen LogP contribution in [0.25, 0.3) is 0 Å². The third-order valence-corrected chi connectivity index (χ3v) is 5.01. The van der Waals surface area contributed by atoms with E-state index in [-0.39, 0.29) is 0 Å². The molecule has 2 saturated heterocycles. The molecular weight excluding hydrogens is 242 g/mol. The number of piperidine rings is 1. The maximum absolute atomic E-state index is 5.97. The smallest absolute Gasteiger partial charge is 0.0425 e. The molecule has 0 radical (unpaired) electrons. The Kier molecular flexibility index (Phi) is 3.09. The van der Waals surface area contributed by atoms with Gasteiger partial charge >= 0.3 is 0 Å². The largest absolute Gasteiger partial charge is 0.299 e. The first-order chi connectivity index (χ1) is 8.70. The normalized spacial score (nSPS) is 35.4. The fourth-order valence-electron chi connectivity index (χ4n) is 3.75. The SMILES string of the molecule is C#C[C@H]1[C@@H](c2ccc(Cl)cc2)C[C@@H]2CC[C@H]1N2C. The van der Waals surface area contributed by atoms with Crippen molar-refractivity contribution in [1.29, 1.82) is 0 Å². The van der Waals surface area contributed by atoms with Gasteiger partial charge in [-0.05, 0) is 44.0 Å². The second-order valence-corrected chi connectivity index (χ2v) is 5.99. The molecule has 0 aromatic heterocycles. The summed E-state index contributed by atoms with van der Waals surface area (Å²) in [6.45, 7) is 0. The van der Waals surface area contributed by atoms with Crippen molar-refractivity contribution in [3.05, 3.63) is 34.9 Å². The van der Waals surface area contributed by atoms with Gasteiger partial charge in [0, 0.05) is 28.9 Å². The zero-order valence-electron chi connectivity index (χ0n) is 10.6. The topological polar surface area (TPSA) is 3.24 Å². The number of hydrogen-bond donors (Lipinski definition) is 0. The Morgan fingerprint density at radius 1 is 1.28 bits per heavy atom. The molecule has 4 atom stereocenters. The van der Waals surface area contributed by atoms with E-state index < -0.39 is 0 Å². The van der Waals surface area contributed by atoms with Gasteiger partial charge in [0.1, 0.15) is 0 Å². The first-order valence-electron chi connectivity index (χ1n) is 6.64. The lowest BCUT2D eigenvalue weighted by Gasteiger charge is -2.41. The van der Waals surface area contributed by atoms with Gasteiger partial charge < -0.3 is 0 Å². The van der Waals surface area contributed by atoms with E-state index in [0.717, 1.165) is 5.02 Å². The summed E-state index contributed by atoms with van der Waals surface area (Å²) in [5.74, 6) is 3.89. The second kappa shape index (κ2) is 4.61. The Bertz CT molecular complexity index is 473. The van der Waals surface area contributed by atoms with Gasteiger partial charge in [0.05, 0.1) is 0 Å². The average molecular weight is 260 g/mol. The molecule has 94 valence electrons. The number of fused-ring (bicyclic) bond motifs is 2. The summed E-state index contributed by atoms with van der Waals surface area (Å²) in [6, 6.07) is 9.51. The van der Waals surface area contributed by atoms with E-state index in [1.165, 1.54) is 24.8 Å². The Labute approximate surface area is 114 Å². The van der Waals surface area contributed by atoms with Crippen molar-refractivity contribution in [2.75, 3.05) is 7.05 Å². The van der Waals surface area contributed by atoms with Gasteiger partial charge in [-0.2, -0.15) is 0 Å². The molecule has 3 rings (SSSR count). The van der Waals surface area contributed by atoms with E-state index in [4.69, 9.17) is 18.0 Å². The molecule has 18 heavy (non-hydrogen) atoms. The quantitative estimate of drug-likeness (QED) is 0.698. The first kappa shape index (κ1) is 12.1. The summed E-state index contributed by atoms with van der Waals surface area (Å²) in [6.07, 6.45) is 9.53. The van der Waals surface area contributed by atoms with E-state index in [1.807, 2.05) is 12.1 Å². The molecule has 1 aromatic rings. The molecule has 1 nitrogen and oxygen atoms in total. The lowest BCUT2D eigenvalue weighted by Crippen LogP contribution is -2.45. The minimum atomic E-state index is 0.343. The highest BCUT2D eigenvalue weighted by atomic mass is 35.5. The number of benzene rings is 1. The summed E-state index contributed by atoms with van der Waals surface area (Å²) < 4.78 is 0. The molecule has 2 fully saturated rings. The van der Waals surface area contributed by atoms with Gasteiger partial charge in [0.15, 0.2) is 0 Å². The van der Waals surface area contributed by atoms with Crippen LogP contribution in [0.1, 0.15) is 30.7 Å². The van der Waals surface area contributed by atoms with E-state index in [1.54, 1.807) is 0 Å². The van der Waals surface area contributed by atoms with Crippen molar-refractivity contribution < 1.29 is 0 Å². The molecule has 0 N–H and O–H groups in total. The number of terminal acetylenes is 1. The summed E-state index contributed by atoms with van der Waals surface area (Å²) >= 11 is 5.97. The third kappa shape index (κ3) is 1.85. The molecule has 0 unspecified atom stereocenters. The van der Waals surface area contributed by atoms with Crippen molar-refractivity contribution in [1.82, 2.24) is 4.90 Å². The summed E-state index contributed by atoms with van der Waals surface area (Å²) in [4.78, 5) is 2.50. The van der Waals surface area contributed by atoms with Crippen LogP contribution < -0.4 is 0 Å². The van der Waals surface area contributed by atoms with Crippen LogP contribution in [0.3, 0.4) is 0 Å². The van der Waals surface area contributed by atoms with Gasteiger partial charge in [-0.25, -0.2) is 0 Å². The zero-order chi connectivity index (χ0) is 12.7. The maximum atomic E-state index is 5.97. The minimum absolute atomic E-state index is 0.343. The summed E-state index contributed by atoms with van der Waals surface area (Å²) in [5, 5.41) is 0.798. The standard InChI is InChI=1S/C16H18ClN/c1-3-14-15(11-4-6-12(17)7-5-11)10-13-8-9-16(14)18(13)2/h1,4-7,13-16H,8-10H2,2H3/t13-,14-,15+,16+/m0/s1. The van der Waals surface area contributed by atoms with Gasteiger partial charge in [0.25, 0.3) is 0 Å². The predicted octanol–water partition coefficient (Wildman–Crippen LogP) is 3.54. The second-order valence-electron chi connectivity index (χ2n) is 5.55. The van der Waals surface area contributed by atoms with Crippen LogP contribution in [0, 0.1) is 18.3 Å². The van der Waals surface area contributed by atoms with Crippen LogP contribution >= 0.6 is 11.6 Å². The molecule has 2 aliphatic heterocycles. The van der Waals surface area contributed by atoms with Gasteiger partial charge in [-0.3, -0.25) is 4.90 Å². The molecule has 0 spiro atoms. The number of nitrogens with zero attached hydrogens (tertiary/aromatic N) is 1. The van der Waals surface area contributed by atoms with E-state index in [2.05, 4.69) is 30.0 Å². The fourth-order valence-corrected chi connectivity index (χ4v) is 3.87. The van der Waals surface area contributed by atoms with Crippen LogP contribution in [0.15, 0.2) is 24.3 Å². The summed E-state index contributed by atoms with van der Waals surface area (Å²) in [7, 11) is 2.23. The van der Waals surface area contributed by atoms with E-state index in [9.17, 15) is 0 Å². The van der Waals surface area contributed by atoms with Gasteiger partial charge in [-0.1, -0.05) is 23.7 Å². The van der Waals surface area contributed by atoms with E-state index >= 15 is 0 Å². The van der Waals surface area contributed by atoms with Gasteiger partial charge in [-0.15, -0.1) is 12.3 Å². The fraction of sp³-hybridized carbons (Fsp3) is 0.500. The zero-order valence-corrected chi connectivity index (χ0v) is 11.4. The molecule has 2 aliphatic rings. The molecule has 2 heteroatoms. The van der Waals surface area contributed by atoms with Crippen molar-refractivity contribution in [3.63, 3.8) is 0 Å². The monoisotopic (exact) mass is 259 g/mol. The van der Waals surface area contributed by atoms with Crippen LogP contribution in [-0.2, 0) is 0 Å². The molecule has 0 amide bonds. The highest BCUT2D eigenvalue weighted by Crippen LogP contribution is 2.45. The Morgan fingerprint density at radius 2 is 2.00 bits per heavy atom. The first-order valence-corrected chi connectivity index (χ1v) is 7.02. The van der Waals surface area contributed by atoms with Crippen molar-refractivity contribution in [2.45, 2.75) is 37.3 Å². The Hall–Kier alpha value is -0.970. The number of hydrogen-bond acceptors (Lipinski definition) is 1. The molecule has 2 heterocycles. The van der Waals surface area contributed by atoms with Crippen LogP contribution in [0.4, 0.5) is 0 Å². The van der Waals surface area contributed by atoms with Crippen molar-refractivity contribution in [2.24, 2.45) is 5.92 Å². The van der Waals surface area contributed by atoms with E-state index in [0.29, 0.717) is 23.9 Å². The lowest BCUT2D eigenvalue weighted by molar-refractivity contribution is 0.128. The highest BCUT2D eigenvalue weighted by Gasteiger charge is 2.45. The minimum Gasteiger partial charge on any atom is -0.299 e. The highest BCUT2D eigenvalue weighted by molar-refractivity contribution is 6.30. The molecule has 2 bridgehead atoms. The van der Waals surface area contributed by atoms with Gasteiger partial charge in [0.2, 0.25) is 0 Å². The molecular formula is C16H18ClN. The summed E-state index contributed by atoms with van der Waals surface area (Å²) in [5.41, 5.74) is 1.35.